The van der Waals surface area contributed by atoms with Gasteiger partial charge >= 0.3 is 17.9 Å². The molecule has 0 radical (unpaired) electrons. The van der Waals surface area contributed by atoms with Crippen molar-refractivity contribution in [1.29, 1.82) is 0 Å². The number of aliphatic hydroxyl groups excluding tert-OH is 1. The van der Waals surface area contributed by atoms with E-state index in [2.05, 4.69) is 0 Å². The quantitative estimate of drug-likeness (QED) is 0.747. The van der Waals surface area contributed by atoms with Gasteiger partial charge in [-0.05, 0) is 22.3 Å². The molecule has 2 aromatic carbocycles. The fourth-order valence-electron chi connectivity index (χ4n) is 3.08. The van der Waals surface area contributed by atoms with Crippen LogP contribution in [0, 0.1) is 0 Å². The minimum absolute atomic E-state index is 0.123. The Hall–Kier alpha value is -2.61. The van der Waals surface area contributed by atoms with E-state index in [0.717, 1.165) is 22.3 Å². The van der Waals surface area contributed by atoms with Crippen LogP contribution in [0.5, 0.6) is 0 Å². The third-order valence-electron chi connectivity index (χ3n) is 4.53. The summed E-state index contributed by atoms with van der Waals surface area (Å²) in [6, 6.07) is 15.1. The van der Waals surface area contributed by atoms with Crippen molar-refractivity contribution in [2.75, 3.05) is 19.8 Å². The van der Waals surface area contributed by atoms with Gasteiger partial charge in [0.2, 0.25) is 0 Å². The maximum atomic E-state index is 13.3. The first-order chi connectivity index (χ1) is 12.8. The summed E-state index contributed by atoms with van der Waals surface area (Å²) in [5.74, 6) is -9.50. The smallest absolute Gasteiger partial charge is 0.407 e. The van der Waals surface area contributed by atoms with Gasteiger partial charge in [-0.15, -0.1) is 0 Å². The molecule has 1 aliphatic carbocycles. The molecule has 0 heterocycles. The Balaban J connectivity index is 1.65. The first kappa shape index (κ1) is 19.2. The van der Waals surface area contributed by atoms with Crippen molar-refractivity contribution in [2.45, 2.75) is 17.8 Å². The third-order valence-corrected chi connectivity index (χ3v) is 4.53. The van der Waals surface area contributed by atoms with Crippen LogP contribution in [0.2, 0.25) is 0 Å². The summed E-state index contributed by atoms with van der Waals surface area (Å²) in [4.78, 5) is 11.7. The second-order valence-corrected chi connectivity index (χ2v) is 6.25. The molecule has 0 aliphatic heterocycles. The molecule has 2 aromatic rings. The maximum absolute atomic E-state index is 13.3. The number of nitrogens with one attached hydrogen (secondary N) is 1. The van der Waals surface area contributed by atoms with E-state index in [1.807, 2.05) is 48.5 Å². The van der Waals surface area contributed by atoms with Crippen molar-refractivity contribution < 1.29 is 32.2 Å². The molecule has 0 saturated heterocycles. The number of carbonyl (C=O) groups excluding carboxylic acids is 1. The highest BCUT2D eigenvalue weighted by Gasteiger charge is 2.55. The molecular formula is C19H17F4NO3. The van der Waals surface area contributed by atoms with Crippen LogP contribution in [0.15, 0.2) is 48.5 Å². The van der Waals surface area contributed by atoms with Crippen LogP contribution in [0.1, 0.15) is 17.0 Å². The number of carbonyl (C=O) groups is 1. The van der Waals surface area contributed by atoms with Crippen molar-refractivity contribution in [1.82, 2.24) is 5.32 Å². The summed E-state index contributed by atoms with van der Waals surface area (Å²) in [5, 5.41) is 9.99. The largest absolute Gasteiger partial charge is 0.449 e. The van der Waals surface area contributed by atoms with Gasteiger partial charge in [-0.25, -0.2) is 4.79 Å². The second-order valence-electron chi connectivity index (χ2n) is 6.25. The molecule has 0 spiro atoms. The van der Waals surface area contributed by atoms with Crippen LogP contribution in [0.3, 0.4) is 0 Å². The zero-order valence-electron chi connectivity index (χ0n) is 14.1. The van der Waals surface area contributed by atoms with Crippen molar-refractivity contribution in [2.24, 2.45) is 0 Å². The lowest BCUT2D eigenvalue weighted by atomic mass is 9.98. The van der Waals surface area contributed by atoms with E-state index in [4.69, 9.17) is 9.84 Å². The Morgan fingerprint density at radius 3 is 2.00 bits per heavy atom. The molecule has 1 aliphatic rings. The van der Waals surface area contributed by atoms with Gasteiger partial charge in [0.15, 0.2) is 0 Å². The monoisotopic (exact) mass is 383 g/mol. The van der Waals surface area contributed by atoms with Crippen molar-refractivity contribution >= 4 is 6.09 Å². The van der Waals surface area contributed by atoms with Crippen LogP contribution in [-0.2, 0) is 4.74 Å². The number of halogens is 4. The number of alkyl halides is 4. The SMILES string of the molecule is O=C(NCC(F)(F)C(F)(F)CO)OCC1c2ccccc2-c2ccccc21. The number of hydrogen-bond acceptors (Lipinski definition) is 3. The summed E-state index contributed by atoms with van der Waals surface area (Å²) < 4.78 is 57.5. The van der Waals surface area contributed by atoms with Crippen LogP contribution in [0.4, 0.5) is 22.4 Å². The Bertz CT molecular complexity index is 796. The molecule has 3 rings (SSSR count). The number of alkyl carbamates (subject to hydrolysis) is 1. The Morgan fingerprint density at radius 2 is 1.48 bits per heavy atom. The topological polar surface area (TPSA) is 58.6 Å². The summed E-state index contributed by atoms with van der Waals surface area (Å²) in [7, 11) is 0. The third kappa shape index (κ3) is 3.62. The highest BCUT2D eigenvalue weighted by atomic mass is 19.3. The number of rotatable bonds is 6. The average molecular weight is 383 g/mol. The normalized spacial score (nSPS) is 13.8. The number of ether oxygens (including phenoxy) is 1. The summed E-state index contributed by atoms with van der Waals surface area (Å²) in [5.41, 5.74) is 3.86. The van der Waals surface area contributed by atoms with E-state index in [1.54, 1.807) is 5.32 Å². The molecule has 144 valence electrons. The van der Waals surface area contributed by atoms with E-state index in [-0.39, 0.29) is 12.5 Å². The van der Waals surface area contributed by atoms with E-state index in [1.165, 1.54) is 0 Å². The number of aliphatic hydroxyl groups is 1. The predicted octanol–water partition coefficient (Wildman–Crippen LogP) is 3.79. The molecule has 0 unspecified atom stereocenters. The fraction of sp³-hybridized carbons (Fsp3) is 0.316. The minimum atomic E-state index is -4.64. The molecule has 0 aromatic heterocycles. The summed E-state index contributed by atoms with van der Waals surface area (Å²) in [6.45, 7) is -3.79. The summed E-state index contributed by atoms with van der Waals surface area (Å²) >= 11 is 0. The van der Waals surface area contributed by atoms with Crippen molar-refractivity contribution in [3.05, 3.63) is 59.7 Å². The van der Waals surface area contributed by atoms with E-state index in [9.17, 15) is 22.4 Å². The Kier molecular flexibility index (Phi) is 5.10. The van der Waals surface area contributed by atoms with Gasteiger partial charge in [-0.1, -0.05) is 48.5 Å². The van der Waals surface area contributed by atoms with Crippen LogP contribution < -0.4 is 5.32 Å². The lowest BCUT2D eigenvalue weighted by molar-refractivity contribution is -0.221. The molecule has 4 nitrogen and oxygen atoms in total. The molecule has 27 heavy (non-hydrogen) atoms. The fourth-order valence-corrected chi connectivity index (χ4v) is 3.08. The number of fused-ring (bicyclic) bond motifs is 3. The molecule has 0 saturated carbocycles. The molecule has 0 bridgehead atoms. The first-order valence-corrected chi connectivity index (χ1v) is 8.22. The highest BCUT2D eigenvalue weighted by Crippen LogP contribution is 2.44. The van der Waals surface area contributed by atoms with Gasteiger partial charge in [0.1, 0.15) is 13.2 Å². The Morgan fingerprint density at radius 1 is 0.963 bits per heavy atom. The van der Waals surface area contributed by atoms with Gasteiger partial charge < -0.3 is 15.2 Å². The zero-order chi connectivity index (χ0) is 19.7. The van der Waals surface area contributed by atoms with Gasteiger partial charge in [0, 0.05) is 5.92 Å². The lowest BCUT2D eigenvalue weighted by Crippen LogP contribution is -2.51. The first-order valence-electron chi connectivity index (χ1n) is 8.22. The summed E-state index contributed by atoms with van der Waals surface area (Å²) in [6.07, 6.45) is -1.23. The van der Waals surface area contributed by atoms with Gasteiger partial charge in [-0.3, -0.25) is 0 Å². The highest BCUT2D eigenvalue weighted by molar-refractivity contribution is 5.79. The molecule has 0 atom stereocenters. The van der Waals surface area contributed by atoms with Crippen molar-refractivity contribution in [3.8, 4) is 11.1 Å². The second kappa shape index (κ2) is 7.19. The lowest BCUT2D eigenvalue weighted by Gasteiger charge is -2.24. The van der Waals surface area contributed by atoms with E-state index < -0.39 is 31.1 Å². The van der Waals surface area contributed by atoms with Crippen molar-refractivity contribution in [3.63, 3.8) is 0 Å². The molecule has 8 heteroatoms. The predicted molar refractivity (Wildman–Crippen MR) is 90.1 cm³/mol. The number of amides is 1. The van der Waals surface area contributed by atoms with Crippen LogP contribution in [-0.4, -0.2) is 42.8 Å². The average Bonchev–Trinajstić information content (AvgIpc) is 2.98. The molecule has 0 fully saturated rings. The Labute approximate surface area is 152 Å². The van der Waals surface area contributed by atoms with Crippen LogP contribution in [0.25, 0.3) is 11.1 Å². The minimum Gasteiger partial charge on any atom is -0.449 e. The number of benzene rings is 2. The van der Waals surface area contributed by atoms with Crippen LogP contribution >= 0.6 is 0 Å². The number of hydrogen-bond donors (Lipinski definition) is 2. The standard InChI is InChI=1S/C19H17F4NO3/c20-18(21,19(22,23)11-25)10-24-17(26)27-9-16-14-7-3-1-5-12(14)13-6-2-4-8-15(13)16/h1-8,16,25H,9-11H2,(H,24,26). The molecule has 1 amide bonds. The van der Waals surface area contributed by atoms with Gasteiger partial charge in [0.25, 0.3) is 0 Å². The van der Waals surface area contributed by atoms with E-state index >= 15 is 0 Å². The van der Waals surface area contributed by atoms with Gasteiger partial charge in [-0.2, -0.15) is 17.6 Å². The van der Waals surface area contributed by atoms with E-state index in [0.29, 0.717) is 0 Å². The zero-order valence-corrected chi connectivity index (χ0v) is 14.1. The molecule has 2 N–H and O–H groups in total. The molecular weight excluding hydrogens is 366 g/mol. The maximum Gasteiger partial charge on any atom is 0.407 e. The van der Waals surface area contributed by atoms with Gasteiger partial charge in [0.05, 0.1) is 6.54 Å².